The highest BCUT2D eigenvalue weighted by Crippen LogP contribution is 2.28. The zero-order valence-electron chi connectivity index (χ0n) is 10.7. The molecule has 0 aliphatic heterocycles. The zero-order chi connectivity index (χ0) is 14.0. The van der Waals surface area contributed by atoms with E-state index in [1.54, 1.807) is 18.3 Å². The van der Waals surface area contributed by atoms with E-state index in [-0.39, 0.29) is 11.9 Å². The highest BCUT2D eigenvalue weighted by Gasteiger charge is 2.17. The second kappa shape index (κ2) is 5.67. The summed E-state index contributed by atoms with van der Waals surface area (Å²) in [5.74, 6) is 0.194. The molecule has 0 fully saturated rings. The number of pyridine rings is 1. The summed E-state index contributed by atoms with van der Waals surface area (Å²) in [5.41, 5.74) is 8.78. The van der Waals surface area contributed by atoms with E-state index in [4.69, 9.17) is 5.73 Å². The van der Waals surface area contributed by atoms with Crippen LogP contribution >= 0.6 is 15.9 Å². The van der Waals surface area contributed by atoms with Crippen molar-refractivity contribution in [2.24, 2.45) is 0 Å². The van der Waals surface area contributed by atoms with Crippen LogP contribution in [0.2, 0.25) is 0 Å². The Bertz CT molecular complexity index is 601. The van der Waals surface area contributed by atoms with Crippen molar-refractivity contribution >= 4 is 21.7 Å². The first kappa shape index (κ1) is 14.0. The number of aryl methyl sites for hydroxylation is 1. The van der Waals surface area contributed by atoms with Crippen molar-refractivity contribution in [2.45, 2.75) is 13.0 Å². The van der Waals surface area contributed by atoms with Gasteiger partial charge in [-0.2, -0.15) is 0 Å². The Kier molecular flexibility index (Phi) is 4.17. The molecular formula is C14H15BrFN3. The molecule has 1 aromatic heterocycles. The molecule has 1 atom stereocenters. The summed E-state index contributed by atoms with van der Waals surface area (Å²) in [6.45, 7) is 1.96. The van der Waals surface area contributed by atoms with Crippen LogP contribution in [0.25, 0.3) is 0 Å². The molecule has 1 aromatic carbocycles. The minimum Gasteiger partial charge on any atom is -0.383 e. The average molecular weight is 324 g/mol. The topological polar surface area (TPSA) is 50.9 Å². The van der Waals surface area contributed by atoms with Gasteiger partial charge in [-0.3, -0.25) is 0 Å². The molecule has 2 rings (SSSR count). The highest BCUT2D eigenvalue weighted by molar-refractivity contribution is 9.10. The van der Waals surface area contributed by atoms with Gasteiger partial charge in [0.1, 0.15) is 11.6 Å². The number of hydrogen-bond acceptors (Lipinski definition) is 3. The third kappa shape index (κ3) is 2.93. The van der Waals surface area contributed by atoms with E-state index in [9.17, 15) is 4.39 Å². The SMILES string of the molecule is CNC(c1ccc(F)c(Br)c1)c1cc(C)cnc1N. The van der Waals surface area contributed by atoms with Crippen LogP contribution < -0.4 is 11.1 Å². The molecule has 0 amide bonds. The molecule has 0 spiro atoms. The number of nitrogens with one attached hydrogen (secondary N) is 1. The first-order valence-corrected chi connectivity index (χ1v) is 6.66. The van der Waals surface area contributed by atoms with Crippen LogP contribution in [0.1, 0.15) is 22.7 Å². The lowest BCUT2D eigenvalue weighted by atomic mass is 9.98. The fourth-order valence-electron chi connectivity index (χ4n) is 2.03. The van der Waals surface area contributed by atoms with E-state index in [1.165, 1.54) is 6.07 Å². The van der Waals surface area contributed by atoms with Crippen molar-refractivity contribution in [3.05, 3.63) is 57.4 Å². The molecule has 0 aliphatic carbocycles. The predicted octanol–water partition coefficient (Wildman–Crippen LogP) is 3.18. The van der Waals surface area contributed by atoms with Crippen LogP contribution in [-0.2, 0) is 0 Å². The molecule has 100 valence electrons. The number of anilines is 1. The van der Waals surface area contributed by atoms with Gasteiger partial charge in [0.15, 0.2) is 0 Å². The predicted molar refractivity (Wildman–Crippen MR) is 78.4 cm³/mol. The summed E-state index contributed by atoms with van der Waals surface area (Å²) in [4.78, 5) is 4.16. The van der Waals surface area contributed by atoms with E-state index in [0.717, 1.165) is 16.7 Å². The van der Waals surface area contributed by atoms with Crippen molar-refractivity contribution < 1.29 is 4.39 Å². The number of rotatable bonds is 3. The first-order chi connectivity index (χ1) is 9.02. The van der Waals surface area contributed by atoms with Crippen LogP contribution in [0.15, 0.2) is 34.9 Å². The largest absolute Gasteiger partial charge is 0.383 e. The lowest BCUT2D eigenvalue weighted by Gasteiger charge is -2.19. The van der Waals surface area contributed by atoms with Gasteiger partial charge in [0, 0.05) is 11.8 Å². The van der Waals surface area contributed by atoms with Gasteiger partial charge in [-0.25, -0.2) is 9.37 Å². The van der Waals surface area contributed by atoms with Crippen LogP contribution in [0.5, 0.6) is 0 Å². The Morgan fingerprint density at radius 3 is 2.74 bits per heavy atom. The summed E-state index contributed by atoms with van der Waals surface area (Å²) >= 11 is 3.20. The zero-order valence-corrected chi connectivity index (χ0v) is 12.3. The standard InChI is InChI=1S/C14H15BrFN3/c1-8-5-10(14(17)19-7-8)13(18-2)9-3-4-12(16)11(15)6-9/h3-7,13,18H,1-2H3,(H2,17,19). The van der Waals surface area contributed by atoms with Crippen molar-refractivity contribution in [1.29, 1.82) is 0 Å². The number of halogens is 2. The summed E-state index contributed by atoms with van der Waals surface area (Å²) < 4.78 is 13.7. The summed E-state index contributed by atoms with van der Waals surface area (Å²) in [7, 11) is 1.84. The number of nitrogens with two attached hydrogens (primary N) is 1. The number of nitrogens with zero attached hydrogens (tertiary/aromatic N) is 1. The van der Waals surface area contributed by atoms with E-state index >= 15 is 0 Å². The minimum atomic E-state index is -0.283. The molecule has 0 aliphatic rings. The second-order valence-electron chi connectivity index (χ2n) is 4.38. The maximum atomic E-state index is 13.3. The third-order valence-electron chi connectivity index (χ3n) is 2.96. The summed E-state index contributed by atoms with van der Waals surface area (Å²) in [6.07, 6.45) is 1.73. The molecule has 0 saturated carbocycles. The average Bonchev–Trinajstić information content (AvgIpc) is 2.38. The minimum absolute atomic E-state index is 0.121. The van der Waals surface area contributed by atoms with Crippen LogP contribution in [-0.4, -0.2) is 12.0 Å². The Morgan fingerprint density at radius 1 is 1.37 bits per heavy atom. The molecular weight excluding hydrogens is 309 g/mol. The monoisotopic (exact) mass is 323 g/mol. The van der Waals surface area contributed by atoms with Crippen molar-refractivity contribution in [1.82, 2.24) is 10.3 Å². The molecule has 2 aromatic rings. The molecule has 19 heavy (non-hydrogen) atoms. The van der Waals surface area contributed by atoms with Crippen LogP contribution in [0.4, 0.5) is 10.2 Å². The molecule has 0 radical (unpaired) electrons. The van der Waals surface area contributed by atoms with E-state index in [1.807, 2.05) is 20.0 Å². The lowest BCUT2D eigenvalue weighted by Crippen LogP contribution is -2.19. The van der Waals surface area contributed by atoms with Gasteiger partial charge in [0.25, 0.3) is 0 Å². The Labute approximate surface area is 120 Å². The Balaban J connectivity index is 2.49. The van der Waals surface area contributed by atoms with Gasteiger partial charge >= 0.3 is 0 Å². The molecule has 0 saturated heterocycles. The highest BCUT2D eigenvalue weighted by atomic mass is 79.9. The van der Waals surface area contributed by atoms with Crippen LogP contribution in [0, 0.1) is 12.7 Å². The molecule has 1 unspecified atom stereocenters. The number of aromatic nitrogens is 1. The summed E-state index contributed by atoms with van der Waals surface area (Å²) in [6, 6.07) is 6.79. The first-order valence-electron chi connectivity index (χ1n) is 5.87. The fraction of sp³-hybridized carbons (Fsp3) is 0.214. The summed E-state index contributed by atoms with van der Waals surface area (Å²) in [5, 5.41) is 3.19. The van der Waals surface area contributed by atoms with Gasteiger partial charge in [0.2, 0.25) is 0 Å². The number of benzene rings is 1. The normalized spacial score (nSPS) is 12.4. The van der Waals surface area contributed by atoms with E-state index in [2.05, 4.69) is 26.2 Å². The maximum Gasteiger partial charge on any atom is 0.137 e. The number of hydrogen-bond donors (Lipinski definition) is 2. The van der Waals surface area contributed by atoms with Gasteiger partial charge in [-0.15, -0.1) is 0 Å². The lowest BCUT2D eigenvalue weighted by molar-refractivity contribution is 0.616. The third-order valence-corrected chi connectivity index (χ3v) is 3.57. The van der Waals surface area contributed by atoms with E-state index in [0.29, 0.717) is 10.3 Å². The maximum absolute atomic E-state index is 13.3. The van der Waals surface area contributed by atoms with Gasteiger partial charge in [0.05, 0.1) is 10.5 Å². The van der Waals surface area contributed by atoms with Gasteiger partial charge in [-0.1, -0.05) is 6.07 Å². The molecule has 5 heteroatoms. The quantitative estimate of drug-likeness (QED) is 0.912. The smallest absolute Gasteiger partial charge is 0.137 e. The molecule has 3 N–H and O–H groups in total. The fourth-order valence-corrected chi connectivity index (χ4v) is 2.42. The van der Waals surface area contributed by atoms with Gasteiger partial charge in [-0.05, 0) is 59.2 Å². The second-order valence-corrected chi connectivity index (χ2v) is 5.24. The van der Waals surface area contributed by atoms with Gasteiger partial charge < -0.3 is 11.1 Å². The van der Waals surface area contributed by atoms with Crippen molar-refractivity contribution in [3.8, 4) is 0 Å². The Morgan fingerprint density at radius 2 is 2.11 bits per heavy atom. The molecule has 0 bridgehead atoms. The van der Waals surface area contributed by atoms with Crippen LogP contribution in [0.3, 0.4) is 0 Å². The Hall–Kier alpha value is -1.46. The van der Waals surface area contributed by atoms with Crippen molar-refractivity contribution in [2.75, 3.05) is 12.8 Å². The van der Waals surface area contributed by atoms with E-state index < -0.39 is 0 Å². The molecule has 3 nitrogen and oxygen atoms in total. The number of nitrogen functional groups attached to an aromatic ring is 1. The molecule has 1 heterocycles. The van der Waals surface area contributed by atoms with Crippen molar-refractivity contribution in [3.63, 3.8) is 0 Å².